The zero-order valence-electron chi connectivity index (χ0n) is 6.32. The third-order valence-electron chi connectivity index (χ3n) is 1.65. The van der Waals surface area contributed by atoms with Gasteiger partial charge < -0.3 is 10.1 Å². The van der Waals surface area contributed by atoms with E-state index in [-0.39, 0.29) is 12.0 Å². The largest absolute Gasteiger partial charge is 0.457 e. The fraction of sp³-hybridized carbons (Fsp3) is 0.429. The van der Waals surface area contributed by atoms with Gasteiger partial charge in [0.05, 0.1) is 0 Å². The van der Waals surface area contributed by atoms with Gasteiger partial charge in [-0.3, -0.25) is 4.79 Å². The van der Waals surface area contributed by atoms with Crippen LogP contribution >= 0.6 is 11.3 Å². The fourth-order valence-corrected chi connectivity index (χ4v) is 1.61. The van der Waals surface area contributed by atoms with E-state index in [9.17, 15) is 4.79 Å². The summed E-state index contributed by atoms with van der Waals surface area (Å²) in [6.45, 7) is 0.703. The molecule has 0 spiro atoms. The molecule has 0 radical (unpaired) electrons. The molecule has 1 fully saturated rings. The molecule has 2 rings (SSSR count). The molecule has 1 aliphatic heterocycles. The van der Waals surface area contributed by atoms with Crippen molar-refractivity contribution in [2.24, 2.45) is 0 Å². The molecule has 1 saturated heterocycles. The Bertz CT molecular complexity index is 273. The first-order valence-electron chi connectivity index (χ1n) is 3.70. The third-order valence-corrected chi connectivity index (χ3v) is 2.31. The SMILES string of the molecule is O=C1NCCC1Oc1nccs1. The Labute approximate surface area is 73.6 Å². The van der Waals surface area contributed by atoms with E-state index in [1.165, 1.54) is 11.3 Å². The molecule has 1 aliphatic rings. The van der Waals surface area contributed by atoms with Gasteiger partial charge in [0.25, 0.3) is 11.1 Å². The van der Waals surface area contributed by atoms with Gasteiger partial charge in [-0.2, -0.15) is 0 Å². The number of rotatable bonds is 2. The average Bonchev–Trinajstić information content (AvgIpc) is 2.65. The van der Waals surface area contributed by atoms with E-state index >= 15 is 0 Å². The van der Waals surface area contributed by atoms with Crippen LogP contribution < -0.4 is 10.1 Å². The Morgan fingerprint density at radius 1 is 1.75 bits per heavy atom. The van der Waals surface area contributed by atoms with E-state index in [2.05, 4.69) is 10.3 Å². The number of aromatic nitrogens is 1. The zero-order valence-corrected chi connectivity index (χ0v) is 7.13. The van der Waals surface area contributed by atoms with E-state index < -0.39 is 0 Å². The lowest BCUT2D eigenvalue weighted by Gasteiger charge is -2.06. The van der Waals surface area contributed by atoms with E-state index in [4.69, 9.17) is 4.74 Å². The topological polar surface area (TPSA) is 51.2 Å². The normalized spacial score (nSPS) is 22.3. The molecule has 64 valence electrons. The van der Waals surface area contributed by atoms with Crippen LogP contribution in [0.15, 0.2) is 11.6 Å². The molecular weight excluding hydrogens is 176 g/mol. The van der Waals surface area contributed by atoms with Gasteiger partial charge in [-0.1, -0.05) is 11.3 Å². The van der Waals surface area contributed by atoms with Crippen molar-refractivity contribution in [2.45, 2.75) is 12.5 Å². The predicted molar refractivity (Wildman–Crippen MR) is 44.2 cm³/mol. The number of hydrogen-bond donors (Lipinski definition) is 1. The number of nitrogens with one attached hydrogen (secondary N) is 1. The van der Waals surface area contributed by atoms with Gasteiger partial charge >= 0.3 is 0 Å². The van der Waals surface area contributed by atoms with E-state index in [0.29, 0.717) is 11.7 Å². The van der Waals surface area contributed by atoms with E-state index in [0.717, 1.165) is 6.42 Å². The van der Waals surface area contributed by atoms with Crippen molar-refractivity contribution in [1.29, 1.82) is 0 Å². The van der Waals surface area contributed by atoms with Crippen molar-refractivity contribution < 1.29 is 9.53 Å². The van der Waals surface area contributed by atoms with Crippen molar-refractivity contribution >= 4 is 17.2 Å². The number of thiazole rings is 1. The Morgan fingerprint density at radius 2 is 2.67 bits per heavy atom. The molecule has 2 heterocycles. The molecule has 1 aromatic heterocycles. The van der Waals surface area contributed by atoms with E-state index in [1.54, 1.807) is 6.20 Å². The summed E-state index contributed by atoms with van der Waals surface area (Å²) in [7, 11) is 0. The second-order valence-corrected chi connectivity index (χ2v) is 3.34. The third kappa shape index (κ3) is 1.40. The average molecular weight is 184 g/mol. The zero-order chi connectivity index (χ0) is 8.39. The maximum absolute atomic E-state index is 11.0. The van der Waals surface area contributed by atoms with Gasteiger partial charge in [0, 0.05) is 24.5 Å². The Balaban J connectivity index is 1.99. The van der Waals surface area contributed by atoms with Gasteiger partial charge in [-0.15, -0.1) is 0 Å². The monoisotopic (exact) mass is 184 g/mol. The summed E-state index contributed by atoms with van der Waals surface area (Å²) in [5.41, 5.74) is 0. The van der Waals surface area contributed by atoms with Crippen molar-refractivity contribution in [2.75, 3.05) is 6.54 Å². The van der Waals surface area contributed by atoms with Gasteiger partial charge in [0.2, 0.25) is 0 Å². The molecule has 0 aliphatic carbocycles. The number of ether oxygens (including phenoxy) is 1. The molecule has 1 unspecified atom stereocenters. The van der Waals surface area contributed by atoms with Gasteiger partial charge in [0.1, 0.15) is 0 Å². The summed E-state index contributed by atoms with van der Waals surface area (Å²) < 4.78 is 5.32. The van der Waals surface area contributed by atoms with Crippen LogP contribution in [0.1, 0.15) is 6.42 Å². The molecule has 1 amide bonds. The van der Waals surface area contributed by atoms with Gasteiger partial charge in [-0.25, -0.2) is 4.98 Å². The Hall–Kier alpha value is -1.10. The minimum absolute atomic E-state index is 0.0369. The number of carbonyl (C=O) groups excluding carboxylic acids is 1. The molecule has 1 aromatic rings. The minimum atomic E-state index is -0.337. The molecule has 1 N–H and O–H groups in total. The highest BCUT2D eigenvalue weighted by molar-refractivity contribution is 7.11. The highest BCUT2D eigenvalue weighted by Crippen LogP contribution is 2.17. The first-order chi connectivity index (χ1) is 5.86. The maximum Gasteiger partial charge on any atom is 0.273 e. The summed E-state index contributed by atoms with van der Waals surface area (Å²) in [5.74, 6) is -0.0369. The van der Waals surface area contributed by atoms with Crippen LogP contribution in [0.2, 0.25) is 0 Å². The summed E-state index contributed by atoms with van der Waals surface area (Å²) >= 11 is 1.40. The second kappa shape index (κ2) is 3.10. The predicted octanol–water partition coefficient (Wildman–Crippen LogP) is 0.410. The fourth-order valence-electron chi connectivity index (χ4n) is 1.07. The van der Waals surface area contributed by atoms with Crippen molar-refractivity contribution in [3.63, 3.8) is 0 Å². The van der Waals surface area contributed by atoms with Gasteiger partial charge in [-0.05, 0) is 0 Å². The summed E-state index contributed by atoms with van der Waals surface area (Å²) in [4.78, 5) is 15.0. The first-order valence-corrected chi connectivity index (χ1v) is 4.58. The maximum atomic E-state index is 11.0. The minimum Gasteiger partial charge on any atom is -0.457 e. The van der Waals surface area contributed by atoms with Crippen LogP contribution in [0.4, 0.5) is 0 Å². The lowest BCUT2D eigenvalue weighted by molar-refractivity contribution is -0.124. The van der Waals surface area contributed by atoms with Crippen LogP contribution in [-0.4, -0.2) is 23.5 Å². The smallest absolute Gasteiger partial charge is 0.273 e. The van der Waals surface area contributed by atoms with Crippen molar-refractivity contribution in [3.8, 4) is 5.19 Å². The van der Waals surface area contributed by atoms with Crippen molar-refractivity contribution in [1.82, 2.24) is 10.3 Å². The molecule has 5 heteroatoms. The summed E-state index contributed by atoms with van der Waals surface area (Å²) in [6, 6.07) is 0. The number of carbonyl (C=O) groups is 1. The number of hydrogen-bond acceptors (Lipinski definition) is 4. The lowest BCUT2D eigenvalue weighted by Crippen LogP contribution is -2.27. The molecular formula is C7H8N2O2S. The molecule has 1 atom stereocenters. The molecule has 0 bridgehead atoms. The van der Waals surface area contributed by atoms with Crippen LogP contribution in [0, 0.1) is 0 Å². The van der Waals surface area contributed by atoms with E-state index in [1.807, 2.05) is 5.38 Å². The van der Waals surface area contributed by atoms with Crippen LogP contribution in [0.3, 0.4) is 0 Å². The van der Waals surface area contributed by atoms with Gasteiger partial charge in [0.15, 0.2) is 6.10 Å². The van der Waals surface area contributed by atoms with Crippen molar-refractivity contribution in [3.05, 3.63) is 11.6 Å². The van der Waals surface area contributed by atoms with Crippen LogP contribution in [-0.2, 0) is 4.79 Å². The standard InChI is InChI=1S/C7H8N2O2S/c10-6-5(1-2-8-6)11-7-9-3-4-12-7/h3-5H,1-2H2,(H,8,10). The highest BCUT2D eigenvalue weighted by Gasteiger charge is 2.26. The Kier molecular flexibility index (Phi) is 1.95. The molecule has 0 aromatic carbocycles. The molecule has 4 nitrogen and oxygen atoms in total. The lowest BCUT2D eigenvalue weighted by atomic mass is 10.3. The van der Waals surface area contributed by atoms with Crippen LogP contribution in [0.5, 0.6) is 5.19 Å². The van der Waals surface area contributed by atoms with Crippen LogP contribution in [0.25, 0.3) is 0 Å². The summed E-state index contributed by atoms with van der Waals surface area (Å²) in [6.07, 6.45) is 2.06. The first kappa shape index (κ1) is 7.54. The number of nitrogens with zero attached hydrogens (tertiary/aromatic N) is 1. The number of amides is 1. The highest BCUT2D eigenvalue weighted by atomic mass is 32.1. The second-order valence-electron chi connectivity index (χ2n) is 2.48. The summed E-state index contributed by atoms with van der Waals surface area (Å²) in [5, 5.41) is 5.08. The molecule has 12 heavy (non-hydrogen) atoms. The Morgan fingerprint density at radius 3 is 3.25 bits per heavy atom. The molecule has 0 saturated carbocycles. The quantitative estimate of drug-likeness (QED) is 0.724.